The fraction of sp³-hybridized carbons (Fsp3) is 0.391. The third-order valence-corrected chi connectivity index (χ3v) is 4.83. The Morgan fingerprint density at radius 1 is 0.875 bits per heavy atom. The smallest absolute Gasteiger partial charge is 0.0726 e. The fourth-order valence-corrected chi connectivity index (χ4v) is 2.71. The molecule has 0 unspecified atom stereocenters. The van der Waals surface area contributed by atoms with E-state index >= 15 is 0 Å². The summed E-state index contributed by atoms with van der Waals surface area (Å²) in [5.41, 5.74) is 6.26. The van der Waals surface area contributed by atoms with Crippen LogP contribution in [0.15, 0.2) is 42.5 Å². The summed E-state index contributed by atoms with van der Waals surface area (Å²) in [6.45, 7) is 7.27. The average molecular weight is 318 g/mol. The van der Waals surface area contributed by atoms with Crippen molar-refractivity contribution >= 4 is 0 Å². The molecule has 1 nitrogen and oxygen atoms in total. The zero-order valence-electron chi connectivity index (χ0n) is 15.0. The molecule has 0 aromatic heterocycles. The first-order valence-electron chi connectivity index (χ1n) is 8.98. The maximum absolute atomic E-state index is 6.02. The molecule has 0 N–H and O–H groups in total. The maximum Gasteiger partial charge on any atom is 0.0726 e. The summed E-state index contributed by atoms with van der Waals surface area (Å²) < 4.78 is 6.02. The Labute approximate surface area is 146 Å². The molecule has 0 atom stereocenters. The number of rotatable bonds is 5. The van der Waals surface area contributed by atoms with Gasteiger partial charge in [-0.15, -0.1) is 0 Å². The van der Waals surface area contributed by atoms with Crippen molar-refractivity contribution in [3.63, 3.8) is 0 Å². The van der Waals surface area contributed by atoms with Crippen LogP contribution in [0.3, 0.4) is 0 Å². The summed E-state index contributed by atoms with van der Waals surface area (Å²) >= 11 is 0. The number of benzene rings is 2. The van der Waals surface area contributed by atoms with Crippen molar-refractivity contribution in [3.8, 4) is 11.8 Å². The lowest BCUT2D eigenvalue weighted by atomic mass is 10.0. The fourth-order valence-electron chi connectivity index (χ4n) is 2.71. The second kappa shape index (κ2) is 7.24. The number of hydrogen-bond donors (Lipinski definition) is 0. The number of ether oxygens (including phenoxy) is 1. The molecule has 124 valence electrons. The summed E-state index contributed by atoms with van der Waals surface area (Å²) in [5.74, 6) is 6.56. The molecule has 3 rings (SSSR count). The summed E-state index contributed by atoms with van der Waals surface area (Å²) in [6.07, 6.45) is 4.45. The minimum Gasteiger partial charge on any atom is -0.371 e. The van der Waals surface area contributed by atoms with E-state index in [1.807, 2.05) is 0 Å². The van der Waals surface area contributed by atoms with Crippen molar-refractivity contribution in [2.24, 2.45) is 0 Å². The van der Waals surface area contributed by atoms with E-state index in [0.29, 0.717) is 6.61 Å². The number of hydrogen-bond acceptors (Lipinski definition) is 1. The van der Waals surface area contributed by atoms with E-state index < -0.39 is 0 Å². The van der Waals surface area contributed by atoms with E-state index in [-0.39, 0.29) is 5.60 Å². The highest BCUT2D eigenvalue weighted by molar-refractivity contribution is 5.46. The Kier molecular flexibility index (Phi) is 5.07. The van der Waals surface area contributed by atoms with Gasteiger partial charge in [-0.3, -0.25) is 0 Å². The molecular formula is C23H26O. The van der Waals surface area contributed by atoms with Gasteiger partial charge in [0.1, 0.15) is 0 Å². The molecule has 0 aliphatic heterocycles. The highest BCUT2D eigenvalue weighted by Crippen LogP contribution is 2.39. The van der Waals surface area contributed by atoms with Crippen LogP contribution in [0.2, 0.25) is 0 Å². The van der Waals surface area contributed by atoms with Crippen LogP contribution in [0, 0.1) is 11.8 Å². The Hall–Kier alpha value is -2.04. The molecule has 1 aliphatic carbocycles. The van der Waals surface area contributed by atoms with Gasteiger partial charge in [0.15, 0.2) is 0 Å². The Morgan fingerprint density at radius 2 is 1.54 bits per heavy atom. The summed E-state index contributed by atoms with van der Waals surface area (Å²) in [5, 5.41) is 0. The highest BCUT2D eigenvalue weighted by atomic mass is 16.5. The molecule has 0 heterocycles. The van der Waals surface area contributed by atoms with Gasteiger partial charge in [-0.2, -0.15) is 0 Å². The predicted molar refractivity (Wildman–Crippen MR) is 100 cm³/mol. The van der Waals surface area contributed by atoms with Crippen LogP contribution >= 0.6 is 0 Å². The highest BCUT2D eigenvalue weighted by Gasteiger charge is 2.38. The first-order valence-corrected chi connectivity index (χ1v) is 8.98. The van der Waals surface area contributed by atoms with Crippen molar-refractivity contribution in [3.05, 3.63) is 70.3 Å². The number of aryl methyl sites for hydroxylation is 2. The van der Waals surface area contributed by atoms with Crippen molar-refractivity contribution < 1.29 is 4.74 Å². The molecule has 0 saturated heterocycles. The predicted octanol–water partition coefficient (Wildman–Crippen LogP) is 5.28. The molecule has 1 heteroatoms. The minimum atomic E-state index is 0.133. The molecule has 0 bridgehead atoms. The maximum atomic E-state index is 6.02. The van der Waals surface area contributed by atoms with E-state index in [4.69, 9.17) is 4.74 Å². The SMILES string of the molecule is CCc1ccc(C#Cc2ccc(COC3(C)CC3)c(CC)c2)cc1. The van der Waals surface area contributed by atoms with Crippen molar-refractivity contribution in [1.82, 2.24) is 0 Å². The van der Waals surface area contributed by atoms with Gasteiger partial charge in [-0.25, -0.2) is 0 Å². The van der Waals surface area contributed by atoms with E-state index in [1.54, 1.807) is 0 Å². The zero-order valence-corrected chi connectivity index (χ0v) is 15.0. The van der Waals surface area contributed by atoms with Gasteiger partial charge in [-0.05, 0) is 73.6 Å². The van der Waals surface area contributed by atoms with E-state index in [2.05, 4.69) is 75.1 Å². The van der Waals surface area contributed by atoms with Gasteiger partial charge in [-0.1, -0.05) is 43.9 Å². The lowest BCUT2D eigenvalue weighted by molar-refractivity contribution is 0.0331. The lowest BCUT2D eigenvalue weighted by Crippen LogP contribution is -2.09. The van der Waals surface area contributed by atoms with Gasteiger partial charge >= 0.3 is 0 Å². The topological polar surface area (TPSA) is 9.23 Å². The van der Waals surface area contributed by atoms with Crippen LogP contribution < -0.4 is 0 Å². The van der Waals surface area contributed by atoms with E-state index in [9.17, 15) is 0 Å². The first-order chi connectivity index (χ1) is 11.6. The lowest BCUT2D eigenvalue weighted by Gasteiger charge is -2.13. The molecule has 1 saturated carbocycles. The van der Waals surface area contributed by atoms with Crippen LogP contribution in [0.5, 0.6) is 0 Å². The second-order valence-corrected chi connectivity index (χ2v) is 6.88. The Bertz CT molecular complexity index is 755. The molecule has 1 fully saturated rings. The molecule has 0 spiro atoms. The van der Waals surface area contributed by atoms with Gasteiger partial charge in [0.2, 0.25) is 0 Å². The van der Waals surface area contributed by atoms with Crippen molar-refractivity contribution in [2.75, 3.05) is 0 Å². The van der Waals surface area contributed by atoms with Crippen molar-refractivity contribution in [1.29, 1.82) is 0 Å². The first kappa shape index (κ1) is 16.8. The normalized spacial score (nSPS) is 14.8. The summed E-state index contributed by atoms with van der Waals surface area (Å²) in [4.78, 5) is 0. The third kappa shape index (κ3) is 4.28. The minimum absolute atomic E-state index is 0.133. The van der Waals surface area contributed by atoms with Crippen LogP contribution in [0.25, 0.3) is 0 Å². The Balaban J connectivity index is 1.73. The van der Waals surface area contributed by atoms with Gasteiger partial charge in [0.25, 0.3) is 0 Å². The van der Waals surface area contributed by atoms with Crippen LogP contribution in [0.1, 0.15) is 61.4 Å². The molecule has 2 aromatic rings. The largest absolute Gasteiger partial charge is 0.371 e. The average Bonchev–Trinajstić information content (AvgIpc) is 3.36. The van der Waals surface area contributed by atoms with Crippen LogP contribution in [0.4, 0.5) is 0 Å². The quantitative estimate of drug-likeness (QED) is 0.681. The Morgan fingerprint density at radius 3 is 2.17 bits per heavy atom. The van der Waals surface area contributed by atoms with Crippen LogP contribution in [-0.2, 0) is 24.2 Å². The molecular weight excluding hydrogens is 292 g/mol. The van der Waals surface area contributed by atoms with Gasteiger partial charge in [0, 0.05) is 11.1 Å². The standard InChI is InChI=1S/C23H26O/c1-4-18-6-8-19(9-7-18)10-11-20-12-13-22(21(5-2)16-20)17-24-23(3)14-15-23/h6-9,12-13,16H,4-5,14-15,17H2,1-3H3. The van der Waals surface area contributed by atoms with Gasteiger partial charge < -0.3 is 4.74 Å². The zero-order chi connectivity index (χ0) is 17.0. The second-order valence-electron chi connectivity index (χ2n) is 6.88. The third-order valence-electron chi connectivity index (χ3n) is 4.83. The molecule has 0 amide bonds. The summed E-state index contributed by atoms with van der Waals surface area (Å²) in [6, 6.07) is 15.0. The van der Waals surface area contributed by atoms with Crippen molar-refractivity contribution in [2.45, 2.75) is 58.7 Å². The summed E-state index contributed by atoms with van der Waals surface area (Å²) in [7, 11) is 0. The molecule has 1 aliphatic rings. The van der Waals surface area contributed by atoms with E-state index in [0.717, 1.165) is 24.0 Å². The molecule has 0 radical (unpaired) electrons. The van der Waals surface area contributed by atoms with Crippen LogP contribution in [-0.4, -0.2) is 5.60 Å². The van der Waals surface area contributed by atoms with E-state index in [1.165, 1.54) is 29.5 Å². The molecule has 24 heavy (non-hydrogen) atoms. The molecule has 2 aromatic carbocycles. The monoisotopic (exact) mass is 318 g/mol. The van der Waals surface area contributed by atoms with Gasteiger partial charge in [0.05, 0.1) is 12.2 Å².